The number of aromatic nitrogens is 1. The minimum Gasteiger partial charge on any atom is -0.481 e. The zero-order valence-electron chi connectivity index (χ0n) is 10.8. The maximum Gasteiger partial charge on any atom is 0.303 e. The lowest BCUT2D eigenvalue weighted by Crippen LogP contribution is -2.29. The van der Waals surface area contributed by atoms with Crippen molar-refractivity contribution in [2.45, 2.75) is 44.9 Å². The van der Waals surface area contributed by atoms with Crippen molar-refractivity contribution < 1.29 is 14.7 Å². The number of amides is 1. The first-order valence-corrected chi connectivity index (χ1v) is 7.51. The molecule has 0 radical (unpaired) electrons. The molecule has 1 N–H and O–H groups in total. The maximum atomic E-state index is 11.9. The predicted octanol–water partition coefficient (Wildman–Crippen LogP) is 2.46. The van der Waals surface area contributed by atoms with Gasteiger partial charge in [0.15, 0.2) is 5.13 Å². The first kappa shape index (κ1) is 14.0. The van der Waals surface area contributed by atoms with Crippen LogP contribution in [0.2, 0.25) is 0 Å². The highest BCUT2D eigenvalue weighted by molar-refractivity contribution is 7.14. The van der Waals surface area contributed by atoms with E-state index < -0.39 is 5.97 Å². The maximum absolute atomic E-state index is 11.9. The minimum absolute atomic E-state index is 0.156. The number of rotatable bonds is 5. The van der Waals surface area contributed by atoms with Gasteiger partial charge in [-0.2, -0.15) is 0 Å². The van der Waals surface area contributed by atoms with Gasteiger partial charge in [0.05, 0.1) is 5.69 Å². The van der Waals surface area contributed by atoms with Crippen molar-refractivity contribution in [3.05, 3.63) is 11.1 Å². The molecule has 0 saturated carbocycles. The van der Waals surface area contributed by atoms with Crippen LogP contribution in [0.4, 0.5) is 5.13 Å². The van der Waals surface area contributed by atoms with E-state index in [9.17, 15) is 9.59 Å². The van der Waals surface area contributed by atoms with Crippen LogP contribution in [0.5, 0.6) is 0 Å². The number of nitrogens with zero attached hydrogens (tertiary/aromatic N) is 2. The summed E-state index contributed by atoms with van der Waals surface area (Å²) in [6, 6.07) is 0. The van der Waals surface area contributed by atoms with Crippen LogP contribution in [-0.4, -0.2) is 28.5 Å². The fraction of sp³-hybridized carbons (Fsp3) is 0.615. The van der Waals surface area contributed by atoms with Crippen molar-refractivity contribution in [1.29, 1.82) is 0 Å². The van der Waals surface area contributed by atoms with Gasteiger partial charge in [0, 0.05) is 24.8 Å². The van der Waals surface area contributed by atoms with Crippen LogP contribution in [-0.2, 0) is 16.0 Å². The second-order valence-corrected chi connectivity index (χ2v) is 5.56. The van der Waals surface area contributed by atoms with Crippen molar-refractivity contribution >= 4 is 28.3 Å². The van der Waals surface area contributed by atoms with Crippen LogP contribution < -0.4 is 4.90 Å². The summed E-state index contributed by atoms with van der Waals surface area (Å²) in [6.45, 7) is 0.751. The van der Waals surface area contributed by atoms with Gasteiger partial charge in [0.25, 0.3) is 0 Å². The zero-order valence-corrected chi connectivity index (χ0v) is 11.6. The molecule has 0 atom stereocenters. The lowest BCUT2D eigenvalue weighted by molar-refractivity contribution is -0.137. The Morgan fingerprint density at radius 1 is 1.42 bits per heavy atom. The molecule has 2 rings (SSSR count). The summed E-state index contributed by atoms with van der Waals surface area (Å²) in [4.78, 5) is 28.6. The molecule has 0 bridgehead atoms. The standard InChI is InChI=1S/C13H18N2O3S/c16-11-6-2-1-3-8-15(11)13-14-10(9-19-13)5-4-7-12(17)18/h9H,1-8H2,(H,17,18). The smallest absolute Gasteiger partial charge is 0.303 e. The van der Waals surface area contributed by atoms with Crippen LogP contribution in [0.25, 0.3) is 0 Å². The van der Waals surface area contributed by atoms with Crippen molar-refractivity contribution in [2.24, 2.45) is 0 Å². The van der Waals surface area contributed by atoms with E-state index in [1.807, 2.05) is 5.38 Å². The van der Waals surface area contributed by atoms with Crippen molar-refractivity contribution in [3.8, 4) is 0 Å². The summed E-state index contributed by atoms with van der Waals surface area (Å²) in [7, 11) is 0. The van der Waals surface area contributed by atoms with Gasteiger partial charge in [-0.15, -0.1) is 11.3 Å². The number of carbonyl (C=O) groups is 2. The Morgan fingerprint density at radius 2 is 2.26 bits per heavy atom. The molecule has 2 heterocycles. The van der Waals surface area contributed by atoms with Crippen LogP contribution in [0.3, 0.4) is 0 Å². The molecule has 0 spiro atoms. The highest BCUT2D eigenvalue weighted by atomic mass is 32.1. The Balaban J connectivity index is 1.95. The molecule has 1 aliphatic heterocycles. The molecule has 104 valence electrons. The monoisotopic (exact) mass is 282 g/mol. The van der Waals surface area contributed by atoms with Gasteiger partial charge in [0.2, 0.25) is 5.91 Å². The Labute approximate surface area is 116 Å². The summed E-state index contributed by atoms with van der Waals surface area (Å²) < 4.78 is 0. The number of anilines is 1. The van der Waals surface area contributed by atoms with E-state index in [-0.39, 0.29) is 12.3 Å². The van der Waals surface area contributed by atoms with Gasteiger partial charge in [-0.25, -0.2) is 4.98 Å². The number of carboxylic acids is 1. The number of hydrogen-bond acceptors (Lipinski definition) is 4. The molecule has 5 nitrogen and oxygen atoms in total. The largest absolute Gasteiger partial charge is 0.481 e. The van der Waals surface area contributed by atoms with E-state index in [1.54, 1.807) is 4.90 Å². The molecule has 1 aromatic rings. The molecule has 1 saturated heterocycles. The Bertz CT molecular complexity index is 458. The molecule has 1 aliphatic rings. The third-order valence-corrected chi connectivity index (χ3v) is 4.08. The van der Waals surface area contributed by atoms with Crippen LogP contribution >= 0.6 is 11.3 Å². The Morgan fingerprint density at radius 3 is 3.05 bits per heavy atom. The second kappa shape index (κ2) is 6.65. The van der Waals surface area contributed by atoms with Gasteiger partial charge < -0.3 is 5.11 Å². The molecule has 0 aromatic carbocycles. The quantitative estimate of drug-likeness (QED) is 0.900. The topological polar surface area (TPSA) is 70.5 Å². The van der Waals surface area contributed by atoms with Crippen LogP contribution in [0.15, 0.2) is 5.38 Å². The number of thiazole rings is 1. The van der Waals surface area contributed by atoms with Crippen molar-refractivity contribution in [3.63, 3.8) is 0 Å². The fourth-order valence-electron chi connectivity index (χ4n) is 2.14. The highest BCUT2D eigenvalue weighted by Gasteiger charge is 2.20. The van der Waals surface area contributed by atoms with Crippen LogP contribution in [0.1, 0.15) is 44.2 Å². The lowest BCUT2D eigenvalue weighted by Gasteiger charge is -2.16. The summed E-state index contributed by atoms with van der Waals surface area (Å²) >= 11 is 1.47. The van der Waals surface area contributed by atoms with E-state index in [2.05, 4.69) is 4.98 Å². The molecular formula is C13H18N2O3S. The van der Waals surface area contributed by atoms with Gasteiger partial charge in [-0.05, 0) is 25.7 Å². The average molecular weight is 282 g/mol. The third-order valence-electron chi connectivity index (χ3n) is 3.17. The van der Waals surface area contributed by atoms with E-state index in [1.165, 1.54) is 11.3 Å². The van der Waals surface area contributed by atoms with Gasteiger partial charge in [-0.1, -0.05) is 6.42 Å². The van der Waals surface area contributed by atoms with E-state index >= 15 is 0 Å². The van der Waals surface area contributed by atoms with Gasteiger partial charge in [-0.3, -0.25) is 14.5 Å². The normalized spacial score (nSPS) is 16.4. The molecule has 1 aromatic heterocycles. The molecule has 0 aliphatic carbocycles. The number of carboxylic acid groups (broad SMARTS) is 1. The summed E-state index contributed by atoms with van der Waals surface area (Å²) in [5.74, 6) is -0.623. The number of hydrogen-bond donors (Lipinski definition) is 1. The summed E-state index contributed by atoms with van der Waals surface area (Å²) in [5.41, 5.74) is 0.887. The minimum atomic E-state index is -0.779. The van der Waals surface area contributed by atoms with Crippen LogP contribution in [0, 0.1) is 0 Å². The molecule has 1 fully saturated rings. The lowest BCUT2D eigenvalue weighted by atomic mass is 10.2. The second-order valence-electron chi connectivity index (χ2n) is 4.72. The van der Waals surface area contributed by atoms with Crippen molar-refractivity contribution in [2.75, 3.05) is 11.4 Å². The zero-order chi connectivity index (χ0) is 13.7. The number of aliphatic carboxylic acids is 1. The van der Waals surface area contributed by atoms with Gasteiger partial charge in [0.1, 0.15) is 0 Å². The molecule has 6 heteroatoms. The highest BCUT2D eigenvalue weighted by Crippen LogP contribution is 2.25. The number of carbonyl (C=O) groups excluding carboxylic acids is 1. The van der Waals surface area contributed by atoms with E-state index in [0.29, 0.717) is 19.3 Å². The number of aryl methyl sites for hydroxylation is 1. The van der Waals surface area contributed by atoms with E-state index in [4.69, 9.17) is 5.11 Å². The Hall–Kier alpha value is -1.43. The fourth-order valence-corrected chi connectivity index (χ4v) is 3.04. The first-order chi connectivity index (χ1) is 9.16. The predicted molar refractivity (Wildman–Crippen MR) is 73.5 cm³/mol. The van der Waals surface area contributed by atoms with Gasteiger partial charge >= 0.3 is 5.97 Å². The third kappa shape index (κ3) is 4.02. The average Bonchev–Trinajstić information content (AvgIpc) is 2.71. The van der Waals surface area contributed by atoms with Crippen molar-refractivity contribution in [1.82, 2.24) is 4.98 Å². The molecule has 1 amide bonds. The molecule has 0 unspecified atom stereocenters. The molecular weight excluding hydrogens is 264 g/mol. The van der Waals surface area contributed by atoms with E-state index in [0.717, 1.165) is 36.6 Å². The first-order valence-electron chi connectivity index (χ1n) is 6.63. The molecule has 19 heavy (non-hydrogen) atoms. The summed E-state index contributed by atoms with van der Waals surface area (Å²) in [5, 5.41) is 11.3. The Kier molecular flexibility index (Phi) is 4.90. The SMILES string of the molecule is O=C(O)CCCc1csc(N2CCCCCC2=O)n1. The summed E-state index contributed by atoms with van der Waals surface area (Å²) in [6.07, 6.45) is 5.10.